The van der Waals surface area contributed by atoms with E-state index in [1.54, 1.807) is 43.5 Å². The lowest BCUT2D eigenvalue weighted by atomic mass is 10.0. The van der Waals surface area contributed by atoms with Crippen molar-refractivity contribution in [3.8, 4) is 5.75 Å². The molecule has 1 heterocycles. The normalized spacial score (nSPS) is 11.4. The summed E-state index contributed by atoms with van der Waals surface area (Å²) >= 11 is 0.761. The Balaban J connectivity index is 1.82. The highest BCUT2D eigenvalue weighted by Crippen LogP contribution is 2.34. The Labute approximate surface area is 224 Å². The Bertz CT molecular complexity index is 1440. The molecule has 9 nitrogen and oxygen atoms in total. The van der Waals surface area contributed by atoms with Crippen molar-refractivity contribution in [2.24, 2.45) is 5.73 Å². The lowest BCUT2D eigenvalue weighted by Gasteiger charge is -2.31. The van der Waals surface area contributed by atoms with Crippen molar-refractivity contribution >= 4 is 40.6 Å². The summed E-state index contributed by atoms with van der Waals surface area (Å²) in [6, 6.07) is 22.4. The molecule has 4 rings (SSSR count). The first kappa shape index (κ1) is 26.4. The minimum absolute atomic E-state index is 0.00810. The maximum atomic E-state index is 14.1. The topological polar surface area (TPSA) is 141 Å². The van der Waals surface area contributed by atoms with E-state index < -0.39 is 23.8 Å². The van der Waals surface area contributed by atoms with Crippen LogP contribution in [0.15, 0.2) is 78.9 Å². The molecular formula is C28H27N5O4S. The number of carbonyl (C=O) groups excluding carboxylic acids is 3. The minimum Gasteiger partial charge on any atom is -0.497 e. The first-order valence-corrected chi connectivity index (χ1v) is 12.5. The molecule has 5 N–H and O–H groups in total. The lowest BCUT2D eigenvalue weighted by molar-refractivity contribution is -0.122. The van der Waals surface area contributed by atoms with Crippen LogP contribution in [0.1, 0.15) is 42.9 Å². The third-order valence-electron chi connectivity index (χ3n) is 5.93. The van der Waals surface area contributed by atoms with Crippen LogP contribution < -0.4 is 26.4 Å². The Morgan fingerprint density at radius 3 is 2.24 bits per heavy atom. The Morgan fingerprint density at radius 2 is 1.66 bits per heavy atom. The number of hydrogen-bond donors (Lipinski definition) is 3. The second-order valence-electron chi connectivity index (χ2n) is 8.53. The molecule has 0 aliphatic heterocycles. The van der Waals surface area contributed by atoms with Crippen molar-refractivity contribution in [2.75, 3.05) is 17.7 Å². The van der Waals surface area contributed by atoms with E-state index >= 15 is 0 Å². The van der Waals surface area contributed by atoms with Gasteiger partial charge in [-0.25, -0.2) is 0 Å². The first-order valence-electron chi connectivity index (χ1n) is 11.7. The lowest BCUT2D eigenvalue weighted by Crippen LogP contribution is -2.44. The third-order valence-corrected chi connectivity index (χ3v) is 6.79. The average molecular weight is 530 g/mol. The molecule has 0 aliphatic rings. The van der Waals surface area contributed by atoms with Gasteiger partial charge < -0.3 is 21.5 Å². The van der Waals surface area contributed by atoms with E-state index in [9.17, 15) is 14.4 Å². The summed E-state index contributed by atoms with van der Waals surface area (Å²) in [6.07, 6.45) is 0. The fraction of sp³-hybridized carbons (Fsp3) is 0.143. The van der Waals surface area contributed by atoms with Crippen molar-refractivity contribution in [3.63, 3.8) is 0 Å². The van der Waals surface area contributed by atoms with Gasteiger partial charge in [0.1, 0.15) is 16.7 Å². The van der Waals surface area contributed by atoms with E-state index in [-0.39, 0.29) is 22.8 Å². The Hall–Kier alpha value is -4.70. The molecule has 194 valence electrons. The first-order chi connectivity index (χ1) is 18.3. The predicted molar refractivity (Wildman–Crippen MR) is 147 cm³/mol. The molecular weight excluding hydrogens is 502 g/mol. The average Bonchev–Trinajstić information content (AvgIpc) is 3.33. The van der Waals surface area contributed by atoms with Crippen LogP contribution in [0.4, 0.5) is 11.4 Å². The second-order valence-corrected chi connectivity index (χ2v) is 9.30. The van der Waals surface area contributed by atoms with Crippen LogP contribution in [0, 0.1) is 6.92 Å². The van der Waals surface area contributed by atoms with Crippen LogP contribution in [0.3, 0.4) is 0 Å². The fourth-order valence-electron chi connectivity index (χ4n) is 3.91. The van der Waals surface area contributed by atoms with Gasteiger partial charge >= 0.3 is 0 Å². The number of primary amides is 1. The monoisotopic (exact) mass is 529 g/mol. The fourth-order valence-corrected chi connectivity index (χ4v) is 4.66. The molecule has 1 aromatic heterocycles. The van der Waals surface area contributed by atoms with Gasteiger partial charge in [0.15, 0.2) is 5.69 Å². The second kappa shape index (κ2) is 11.6. The number of rotatable bonds is 9. The molecule has 0 saturated carbocycles. The van der Waals surface area contributed by atoms with Crippen LogP contribution in [0.2, 0.25) is 0 Å². The third kappa shape index (κ3) is 5.65. The zero-order chi connectivity index (χ0) is 27.2. The van der Waals surface area contributed by atoms with E-state index in [1.807, 2.05) is 49.4 Å². The van der Waals surface area contributed by atoms with Gasteiger partial charge in [0.05, 0.1) is 12.8 Å². The number of aromatic nitrogens is 1. The zero-order valence-corrected chi connectivity index (χ0v) is 21.7. The molecule has 0 fully saturated rings. The molecule has 1 atom stereocenters. The van der Waals surface area contributed by atoms with Crippen molar-refractivity contribution in [3.05, 3.63) is 106 Å². The van der Waals surface area contributed by atoms with Gasteiger partial charge in [0.25, 0.3) is 11.8 Å². The summed E-state index contributed by atoms with van der Waals surface area (Å²) in [6.45, 7) is 2.18. The number of ether oxygens (including phenoxy) is 1. The van der Waals surface area contributed by atoms with E-state index in [0.717, 1.165) is 22.7 Å². The molecule has 3 aromatic carbocycles. The number of nitrogens with zero attached hydrogens (tertiary/aromatic N) is 2. The van der Waals surface area contributed by atoms with Crippen molar-refractivity contribution < 1.29 is 19.1 Å². The minimum atomic E-state index is -1.08. The van der Waals surface area contributed by atoms with Gasteiger partial charge in [0.2, 0.25) is 5.91 Å². The number of hydrogen-bond acceptors (Lipinski definition) is 7. The summed E-state index contributed by atoms with van der Waals surface area (Å²) in [5.74, 6) is -1.24. The number of aryl methyl sites for hydroxylation is 1. The Morgan fingerprint density at radius 1 is 1.00 bits per heavy atom. The highest BCUT2D eigenvalue weighted by molar-refractivity contribution is 7.09. The Kier molecular flexibility index (Phi) is 8.03. The zero-order valence-electron chi connectivity index (χ0n) is 20.9. The van der Waals surface area contributed by atoms with E-state index in [2.05, 4.69) is 9.69 Å². The van der Waals surface area contributed by atoms with Crippen molar-refractivity contribution in [1.29, 1.82) is 0 Å². The summed E-state index contributed by atoms with van der Waals surface area (Å²) in [5, 5.41) is 2.95. The van der Waals surface area contributed by atoms with Gasteiger partial charge in [-0.1, -0.05) is 60.2 Å². The smallest absolute Gasteiger partial charge is 0.273 e. The SMILES string of the molecule is COc1ccc(C(C(=O)NCc2ccccc2)N(C(=O)c2snc(C(N)=O)c2N)c2ccc(C)cc2)cc1. The van der Waals surface area contributed by atoms with Crippen LogP contribution in [0.25, 0.3) is 0 Å². The molecule has 1 unspecified atom stereocenters. The number of nitrogens with two attached hydrogens (primary N) is 2. The molecule has 0 saturated heterocycles. The standard InChI is InChI=1S/C28H27N5O4S/c1-17-8-12-20(13-9-17)33(28(36)25-22(29)23(26(30)34)32-38-25)24(19-10-14-21(37-2)15-11-19)27(35)31-16-18-6-4-3-5-7-18/h3-15,24H,16,29H2,1-2H3,(H2,30,34)(H,31,35). The maximum Gasteiger partial charge on any atom is 0.273 e. The quantitative estimate of drug-likeness (QED) is 0.301. The molecule has 0 spiro atoms. The highest BCUT2D eigenvalue weighted by atomic mass is 32.1. The molecule has 0 radical (unpaired) electrons. The number of anilines is 2. The summed E-state index contributed by atoms with van der Waals surface area (Å²) in [5.41, 5.74) is 14.1. The predicted octanol–water partition coefficient (Wildman–Crippen LogP) is 3.85. The van der Waals surface area contributed by atoms with Gasteiger partial charge in [0, 0.05) is 12.2 Å². The number of amides is 3. The molecule has 0 aliphatic carbocycles. The summed E-state index contributed by atoms with van der Waals surface area (Å²) < 4.78 is 9.26. The van der Waals surface area contributed by atoms with E-state index in [4.69, 9.17) is 16.2 Å². The highest BCUT2D eigenvalue weighted by Gasteiger charge is 2.36. The number of carbonyl (C=O) groups is 3. The summed E-state index contributed by atoms with van der Waals surface area (Å²) in [4.78, 5) is 41.0. The van der Waals surface area contributed by atoms with Gasteiger partial charge in [-0.05, 0) is 53.8 Å². The number of benzene rings is 3. The van der Waals surface area contributed by atoms with Gasteiger partial charge in [-0.3, -0.25) is 19.3 Å². The summed E-state index contributed by atoms with van der Waals surface area (Å²) in [7, 11) is 1.55. The maximum absolute atomic E-state index is 14.1. The van der Waals surface area contributed by atoms with Crippen LogP contribution in [-0.2, 0) is 11.3 Å². The largest absolute Gasteiger partial charge is 0.497 e. The van der Waals surface area contributed by atoms with Gasteiger partial charge in [-0.2, -0.15) is 4.37 Å². The van der Waals surface area contributed by atoms with Crippen molar-refractivity contribution in [2.45, 2.75) is 19.5 Å². The number of nitrogen functional groups attached to an aromatic ring is 1. The number of nitrogens with one attached hydrogen (secondary N) is 1. The molecule has 0 bridgehead atoms. The molecule has 3 amide bonds. The molecule has 4 aromatic rings. The van der Waals surface area contributed by atoms with Crippen molar-refractivity contribution in [1.82, 2.24) is 9.69 Å². The number of methoxy groups -OCH3 is 1. The van der Waals surface area contributed by atoms with Crippen LogP contribution in [0.5, 0.6) is 5.75 Å². The van der Waals surface area contributed by atoms with E-state index in [1.165, 1.54) is 4.90 Å². The van der Waals surface area contributed by atoms with Gasteiger partial charge in [-0.15, -0.1) is 0 Å². The van der Waals surface area contributed by atoms with Crippen LogP contribution in [-0.4, -0.2) is 29.2 Å². The van der Waals surface area contributed by atoms with Crippen LogP contribution >= 0.6 is 11.5 Å². The molecule has 38 heavy (non-hydrogen) atoms. The molecule has 10 heteroatoms. The van der Waals surface area contributed by atoms with E-state index in [0.29, 0.717) is 17.0 Å².